The standard InChI is InChI=1S/C21H32FN3O3/c1-16(2)15-28-21(27)25-12-4-11-24(13-14-25)17(3)20(26)23-10-9-18-5-7-19(22)8-6-18/h5-8,16-17H,4,9-15H2,1-3H3,(H,23,26). The molecule has 0 bridgehead atoms. The van der Waals surface area contributed by atoms with Crippen LogP contribution < -0.4 is 5.32 Å². The number of ether oxygens (including phenoxy) is 1. The van der Waals surface area contributed by atoms with E-state index in [1.54, 1.807) is 17.0 Å². The van der Waals surface area contributed by atoms with E-state index in [1.165, 1.54) is 12.1 Å². The zero-order chi connectivity index (χ0) is 20.5. The first kappa shape index (κ1) is 22.1. The van der Waals surface area contributed by atoms with Gasteiger partial charge in [0.1, 0.15) is 5.82 Å². The van der Waals surface area contributed by atoms with Crippen LogP contribution >= 0.6 is 0 Å². The van der Waals surface area contributed by atoms with Gasteiger partial charge in [-0.2, -0.15) is 0 Å². The van der Waals surface area contributed by atoms with Gasteiger partial charge >= 0.3 is 6.09 Å². The molecule has 6 nitrogen and oxygen atoms in total. The van der Waals surface area contributed by atoms with Crippen molar-refractivity contribution in [1.29, 1.82) is 0 Å². The third-order valence-electron chi connectivity index (χ3n) is 4.88. The minimum atomic E-state index is -0.271. The second-order valence-electron chi connectivity index (χ2n) is 7.69. The third kappa shape index (κ3) is 7.11. The summed E-state index contributed by atoms with van der Waals surface area (Å²) in [6, 6.07) is 6.04. The lowest BCUT2D eigenvalue weighted by Gasteiger charge is -2.27. The summed E-state index contributed by atoms with van der Waals surface area (Å²) in [6.07, 6.45) is 1.20. The Morgan fingerprint density at radius 2 is 1.82 bits per heavy atom. The number of rotatable bonds is 7. The molecule has 0 aromatic heterocycles. The molecular weight excluding hydrogens is 361 g/mol. The van der Waals surface area contributed by atoms with Crippen LogP contribution in [-0.2, 0) is 16.0 Å². The zero-order valence-electron chi connectivity index (χ0n) is 17.1. The molecule has 0 spiro atoms. The monoisotopic (exact) mass is 393 g/mol. The maximum atomic E-state index is 12.9. The van der Waals surface area contributed by atoms with Crippen LogP contribution in [0, 0.1) is 11.7 Å². The highest BCUT2D eigenvalue weighted by Crippen LogP contribution is 2.10. The number of nitrogens with zero attached hydrogens (tertiary/aromatic N) is 2. The summed E-state index contributed by atoms with van der Waals surface area (Å²) in [5.74, 6) is 0.0219. The van der Waals surface area contributed by atoms with E-state index in [0.717, 1.165) is 18.5 Å². The molecule has 0 aliphatic carbocycles. The Kier molecular flexibility index (Phi) is 8.70. The fourth-order valence-electron chi connectivity index (χ4n) is 3.13. The average Bonchev–Trinajstić information content (AvgIpc) is 2.93. The van der Waals surface area contributed by atoms with Crippen molar-refractivity contribution in [2.24, 2.45) is 5.92 Å². The third-order valence-corrected chi connectivity index (χ3v) is 4.88. The number of benzene rings is 1. The maximum absolute atomic E-state index is 12.9. The Morgan fingerprint density at radius 3 is 2.50 bits per heavy atom. The van der Waals surface area contributed by atoms with Crippen LogP contribution in [0.4, 0.5) is 9.18 Å². The molecular formula is C21H32FN3O3. The number of nitrogens with one attached hydrogen (secondary N) is 1. The minimum Gasteiger partial charge on any atom is -0.449 e. The first-order valence-electron chi connectivity index (χ1n) is 10.0. The predicted molar refractivity (Wildman–Crippen MR) is 107 cm³/mol. The Labute approximate surface area is 167 Å². The lowest BCUT2D eigenvalue weighted by Crippen LogP contribution is -2.47. The molecule has 1 aromatic rings. The van der Waals surface area contributed by atoms with Gasteiger partial charge in [0.05, 0.1) is 12.6 Å². The highest BCUT2D eigenvalue weighted by Gasteiger charge is 2.26. The minimum absolute atomic E-state index is 0.0297. The topological polar surface area (TPSA) is 61.9 Å². The van der Waals surface area contributed by atoms with E-state index in [0.29, 0.717) is 45.1 Å². The predicted octanol–water partition coefficient (Wildman–Crippen LogP) is 2.67. The molecule has 1 unspecified atom stereocenters. The van der Waals surface area contributed by atoms with Crippen LogP contribution in [0.3, 0.4) is 0 Å². The summed E-state index contributed by atoms with van der Waals surface area (Å²) < 4.78 is 18.2. The van der Waals surface area contributed by atoms with E-state index < -0.39 is 0 Å². The molecule has 1 atom stereocenters. The maximum Gasteiger partial charge on any atom is 0.409 e. The molecule has 2 amide bonds. The smallest absolute Gasteiger partial charge is 0.409 e. The van der Waals surface area contributed by atoms with Crippen molar-refractivity contribution in [3.63, 3.8) is 0 Å². The van der Waals surface area contributed by atoms with E-state index in [9.17, 15) is 14.0 Å². The van der Waals surface area contributed by atoms with Crippen molar-refractivity contribution >= 4 is 12.0 Å². The summed E-state index contributed by atoms with van der Waals surface area (Å²) in [7, 11) is 0. The van der Waals surface area contributed by atoms with Crippen LogP contribution in [0.25, 0.3) is 0 Å². The fraction of sp³-hybridized carbons (Fsp3) is 0.619. The lowest BCUT2D eigenvalue weighted by molar-refractivity contribution is -0.125. The van der Waals surface area contributed by atoms with Gasteiger partial charge in [-0.05, 0) is 43.4 Å². The highest BCUT2D eigenvalue weighted by molar-refractivity contribution is 5.81. The van der Waals surface area contributed by atoms with E-state index >= 15 is 0 Å². The van der Waals surface area contributed by atoms with Crippen LogP contribution in [0.1, 0.15) is 32.8 Å². The van der Waals surface area contributed by atoms with Gasteiger partial charge in [-0.15, -0.1) is 0 Å². The molecule has 1 aromatic carbocycles. The SMILES string of the molecule is CC(C)COC(=O)N1CCCN(C(C)C(=O)NCCc2ccc(F)cc2)CC1. The molecule has 28 heavy (non-hydrogen) atoms. The molecule has 7 heteroatoms. The molecule has 1 saturated heterocycles. The van der Waals surface area contributed by atoms with Crippen molar-refractivity contribution in [2.45, 2.75) is 39.7 Å². The van der Waals surface area contributed by atoms with Gasteiger partial charge in [0.25, 0.3) is 0 Å². The molecule has 1 N–H and O–H groups in total. The van der Waals surface area contributed by atoms with Gasteiger partial charge in [-0.1, -0.05) is 26.0 Å². The van der Waals surface area contributed by atoms with E-state index in [2.05, 4.69) is 10.2 Å². The molecule has 1 aliphatic heterocycles. The summed E-state index contributed by atoms with van der Waals surface area (Å²) in [6.45, 7) is 9.45. The number of carbonyl (C=O) groups excluding carboxylic acids is 2. The molecule has 1 fully saturated rings. The number of halogens is 1. The summed E-state index contributed by atoms with van der Waals surface area (Å²) >= 11 is 0. The van der Waals surface area contributed by atoms with Gasteiger partial charge in [-0.25, -0.2) is 9.18 Å². The lowest BCUT2D eigenvalue weighted by atomic mass is 10.1. The van der Waals surface area contributed by atoms with Crippen LogP contribution in [0.5, 0.6) is 0 Å². The zero-order valence-corrected chi connectivity index (χ0v) is 17.1. The van der Waals surface area contributed by atoms with Crippen molar-refractivity contribution in [1.82, 2.24) is 15.1 Å². The van der Waals surface area contributed by atoms with Gasteiger partial charge < -0.3 is 15.0 Å². The van der Waals surface area contributed by atoms with Gasteiger partial charge in [-0.3, -0.25) is 9.69 Å². The largest absolute Gasteiger partial charge is 0.449 e. The Hall–Kier alpha value is -2.15. The normalized spacial score (nSPS) is 16.5. The summed E-state index contributed by atoms with van der Waals surface area (Å²) in [5.41, 5.74) is 0.986. The van der Waals surface area contributed by atoms with Crippen molar-refractivity contribution < 1.29 is 18.7 Å². The molecule has 2 rings (SSSR count). The van der Waals surface area contributed by atoms with Gasteiger partial charge in [0.15, 0.2) is 0 Å². The quantitative estimate of drug-likeness (QED) is 0.774. The van der Waals surface area contributed by atoms with Crippen molar-refractivity contribution in [3.8, 4) is 0 Å². The Morgan fingerprint density at radius 1 is 1.11 bits per heavy atom. The van der Waals surface area contributed by atoms with Crippen LogP contribution in [0.15, 0.2) is 24.3 Å². The van der Waals surface area contributed by atoms with Gasteiger partial charge in [0.2, 0.25) is 5.91 Å². The highest BCUT2D eigenvalue weighted by atomic mass is 19.1. The van der Waals surface area contributed by atoms with E-state index in [4.69, 9.17) is 4.74 Å². The molecule has 0 radical (unpaired) electrons. The van der Waals surface area contributed by atoms with E-state index in [1.807, 2.05) is 20.8 Å². The van der Waals surface area contributed by atoms with Crippen LogP contribution in [-0.4, -0.2) is 67.2 Å². The second-order valence-corrected chi connectivity index (χ2v) is 7.69. The van der Waals surface area contributed by atoms with Crippen LogP contribution in [0.2, 0.25) is 0 Å². The number of carbonyl (C=O) groups is 2. The Balaban J connectivity index is 1.75. The molecule has 156 valence electrons. The van der Waals surface area contributed by atoms with Crippen molar-refractivity contribution in [3.05, 3.63) is 35.6 Å². The Bertz CT molecular complexity index is 636. The first-order valence-corrected chi connectivity index (χ1v) is 10.0. The molecule has 1 aliphatic rings. The summed E-state index contributed by atoms with van der Waals surface area (Å²) in [5, 5.41) is 2.95. The number of hydrogen-bond donors (Lipinski definition) is 1. The second kappa shape index (κ2) is 11.0. The fourth-order valence-corrected chi connectivity index (χ4v) is 3.13. The average molecular weight is 394 g/mol. The summed E-state index contributed by atoms with van der Waals surface area (Å²) in [4.78, 5) is 28.4. The van der Waals surface area contributed by atoms with Crippen molar-refractivity contribution in [2.75, 3.05) is 39.3 Å². The van der Waals surface area contributed by atoms with Gasteiger partial charge in [0, 0.05) is 32.7 Å². The molecule has 0 saturated carbocycles. The number of amides is 2. The molecule has 1 heterocycles. The first-order chi connectivity index (χ1) is 13.4. The number of hydrogen-bond acceptors (Lipinski definition) is 4. The van der Waals surface area contributed by atoms with E-state index in [-0.39, 0.29) is 23.9 Å².